The summed E-state index contributed by atoms with van der Waals surface area (Å²) in [5, 5.41) is 10.3. The largest absolute Gasteiger partial charge is 0.479 e. The lowest BCUT2D eigenvalue weighted by Crippen LogP contribution is -2.68. The lowest BCUT2D eigenvalue weighted by molar-refractivity contribution is -0.248. The van der Waals surface area contributed by atoms with Crippen molar-refractivity contribution in [3.05, 3.63) is 11.6 Å². The molecule has 0 radical (unpaired) electrons. The molecule has 12 unspecified atom stereocenters. The topological polar surface area (TPSA) is 160 Å². The monoisotopic (exact) mass is 726 g/mol. The molecule has 6 rings (SSSR count). The lowest BCUT2D eigenvalue weighted by Gasteiger charge is -2.70. The molecule has 0 amide bonds. The van der Waals surface area contributed by atoms with Crippen molar-refractivity contribution in [1.29, 1.82) is 0 Å². The molecule has 13 atom stereocenters. The number of ketones is 2. The highest BCUT2D eigenvalue weighted by Crippen LogP contribution is 2.75. The van der Waals surface area contributed by atoms with Crippen LogP contribution in [0.2, 0.25) is 0 Å². The van der Waals surface area contributed by atoms with E-state index in [2.05, 4.69) is 47.6 Å². The predicted octanol–water partition coefficient (Wildman–Crippen LogP) is 6.18. The third-order valence-corrected chi connectivity index (χ3v) is 15.4. The van der Waals surface area contributed by atoms with Gasteiger partial charge in [0.05, 0.1) is 0 Å². The van der Waals surface area contributed by atoms with Crippen molar-refractivity contribution in [2.45, 2.75) is 157 Å². The van der Waals surface area contributed by atoms with E-state index in [4.69, 9.17) is 18.9 Å². The summed E-state index contributed by atoms with van der Waals surface area (Å²) >= 11 is 0. The lowest BCUT2D eigenvalue weighted by atomic mass is 9.34. The quantitative estimate of drug-likeness (QED) is 0.189. The molecule has 1 aliphatic heterocycles. The molecule has 1 heterocycles. The highest BCUT2D eigenvalue weighted by atomic mass is 16.7. The average Bonchev–Trinajstić information content (AvgIpc) is 3.03. The van der Waals surface area contributed by atoms with Crippen LogP contribution in [-0.2, 0) is 47.7 Å². The first-order chi connectivity index (χ1) is 24.1. The van der Waals surface area contributed by atoms with Gasteiger partial charge in [0.15, 0.2) is 36.3 Å². The van der Waals surface area contributed by atoms with Crippen LogP contribution in [-0.4, -0.2) is 71.1 Å². The van der Waals surface area contributed by atoms with E-state index in [1.165, 1.54) is 5.57 Å². The van der Waals surface area contributed by atoms with Gasteiger partial charge in [-0.3, -0.25) is 24.0 Å². The van der Waals surface area contributed by atoms with Crippen LogP contribution in [0.25, 0.3) is 0 Å². The van der Waals surface area contributed by atoms with Gasteiger partial charge in [0.25, 0.3) is 0 Å². The van der Waals surface area contributed by atoms with Gasteiger partial charge in [-0.15, -0.1) is 0 Å². The van der Waals surface area contributed by atoms with Crippen molar-refractivity contribution in [2.75, 3.05) is 0 Å². The summed E-state index contributed by atoms with van der Waals surface area (Å²) in [6, 6.07) is 0. The number of hydrogen-bond donors (Lipinski definition) is 1. The van der Waals surface area contributed by atoms with E-state index in [9.17, 15) is 29.1 Å². The maximum Gasteiger partial charge on any atom is 0.336 e. The number of rotatable bonds is 6. The molecule has 6 aliphatic rings. The van der Waals surface area contributed by atoms with Crippen LogP contribution >= 0.6 is 0 Å². The summed E-state index contributed by atoms with van der Waals surface area (Å²) in [6.07, 6.45) is 1.87. The Labute approximate surface area is 307 Å². The zero-order valence-corrected chi connectivity index (χ0v) is 32.4. The van der Waals surface area contributed by atoms with Crippen molar-refractivity contribution >= 4 is 35.4 Å². The second-order valence-corrected chi connectivity index (χ2v) is 18.6. The summed E-state index contributed by atoms with van der Waals surface area (Å²) in [5.74, 6) is -3.33. The third-order valence-electron chi connectivity index (χ3n) is 15.4. The third kappa shape index (κ3) is 5.86. The maximum absolute atomic E-state index is 15.5. The Morgan fingerprint density at radius 1 is 0.788 bits per heavy atom. The molecule has 0 aromatic heterocycles. The van der Waals surface area contributed by atoms with Crippen molar-refractivity contribution in [3.8, 4) is 0 Å². The summed E-state index contributed by atoms with van der Waals surface area (Å²) in [4.78, 5) is 78.2. The van der Waals surface area contributed by atoms with E-state index >= 15 is 4.79 Å². The number of allylic oxidation sites excluding steroid dienone is 2. The van der Waals surface area contributed by atoms with Crippen LogP contribution < -0.4 is 0 Å². The van der Waals surface area contributed by atoms with Crippen LogP contribution in [0, 0.1) is 50.7 Å². The van der Waals surface area contributed by atoms with Gasteiger partial charge in [0.2, 0.25) is 0 Å². The fraction of sp³-hybridized carbons (Fsp3) is 0.805. The minimum Gasteiger partial charge on any atom is -0.479 e. The Balaban J connectivity index is 1.44. The van der Waals surface area contributed by atoms with Crippen LogP contribution in [0.4, 0.5) is 0 Å². The Morgan fingerprint density at radius 3 is 1.96 bits per heavy atom. The number of aliphatic carboxylic acids is 1. The minimum absolute atomic E-state index is 0.0325. The molecule has 0 aromatic rings. The zero-order chi connectivity index (χ0) is 38.3. The first-order valence-electron chi connectivity index (χ1n) is 19.3. The fourth-order valence-electron chi connectivity index (χ4n) is 12.6. The molecule has 11 nitrogen and oxygen atoms in total. The molecule has 11 heteroatoms. The Hall–Kier alpha value is -3.08. The summed E-state index contributed by atoms with van der Waals surface area (Å²) in [5.41, 5.74) is -0.00928. The molecule has 5 fully saturated rings. The van der Waals surface area contributed by atoms with Crippen LogP contribution in [0.5, 0.6) is 0 Å². The number of Topliss-reactive ketones (excluding diaryl/α,β-unsaturated/α-hetero) is 2. The molecular weight excluding hydrogens is 668 g/mol. The maximum atomic E-state index is 15.5. The molecule has 4 saturated carbocycles. The van der Waals surface area contributed by atoms with Crippen molar-refractivity contribution in [3.63, 3.8) is 0 Å². The molecule has 288 valence electrons. The average molecular weight is 727 g/mol. The second kappa shape index (κ2) is 13.0. The Kier molecular flexibility index (Phi) is 9.69. The number of carboxylic acids is 1. The number of esters is 3. The Bertz CT molecular complexity index is 1580. The summed E-state index contributed by atoms with van der Waals surface area (Å²) < 4.78 is 22.7. The number of carbonyl (C=O) groups is 6. The van der Waals surface area contributed by atoms with E-state index in [-0.39, 0.29) is 39.3 Å². The summed E-state index contributed by atoms with van der Waals surface area (Å²) in [6.45, 7) is 17.2. The molecule has 5 aliphatic carbocycles. The Morgan fingerprint density at radius 2 is 1.37 bits per heavy atom. The van der Waals surface area contributed by atoms with E-state index in [1.807, 2.05) is 0 Å². The van der Waals surface area contributed by atoms with Gasteiger partial charge in [-0.2, -0.15) is 0 Å². The minimum atomic E-state index is -1.85. The first kappa shape index (κ1) is 38.6. The van der Waals surface area contributed by atoms with Gasteiger partial charge >= 0.3 is 23.9 Å². The first-order valence-corrected chi connectivity index (χ1v) is 19.3. The number of ether oxygens (including phenoxy) is 4. The van der Waals surface area contributed by atoms with Crippen molar-refractivity contribution in [2.24, 2.45) is 50.7 Å². The molecule has 1 saturated heterocycles. The standard InChI is InChI=1S/C41H58O11/c1-21-25-12-15-40(9)29(38(25,7)14-13-28(21)45)11-10-26-27-20-37(5,6)16-18-41(27,19-17-39(26,40)8)35(46)33-31(50-23(3)43)30(49-22(2)42)32(51-24(4)44)34(52-33)36(47)48/h10,21,25,27,29-34H,11-20H2,1-9H3,(H,47,48)/t21?,25?,27?,29?,30?,31?,32?,33?,34?,38?,39-,40?,41?/m1/s1. The van der Waals surface area contributed by atoms with Gasteiger partial charge < -0.3 is 24.1 Å². The smallest absolute Gasteiger partial charge is 0.336 e. The molecule has 0 aromatic carbocycles. The molecular formula is C41H58O11. The summed E-state index contributed by atoms with van der Waals surface area (Å²) in [7, 11) is 0. The normalized spacial score (nSPS) is 45.1. The number of hydrogen-bond acceptors (Lipinski definition) is 10. The van der Waals surface area contributed by atoms with Crippen LogP contribution in [0.15, 0.2) is 11.6 Å². The molecule has 0 bridgehead atoms. The number of carboxylic acid groups (broad SMARTS) is 1. The van der Waals surface area contributed by atoms with E-state index in [0.717, 1.165) is 65.7 Å². The van der Waals surface area contributed by atoms with Gasteiger partial charge in [-0.25, -0.2) is 4.79 Å². The molecule has 1 N–H and O–H groups in total. The SMILES string of the molecule is CC(=O)OC1C(C(=O)O)OC(C(=O)C23CCC(C)(C)CC2C2=CCC4C5(C)CCC(=O)C(C)C5CCC4(C)[C@]2(C)CC3)C(OC(C)=O)C1OC(C)=O. The number of fused-ring (bicyclic) bond motifs is 7. The van der Waals surface area contributed by atoms with Crippen molar-refractivity contribution < 1.29 is 52.8 Å². The van der Waals surface area contributed by atoms with Crippen LogP contribution in [0.3, 0.4) is 0 Å². The van der Waals surface area contributed by atoms with E-state index in [1.54, 1.807) is 0 Å². The zero-order valence-electron chi connectivity index (χ0n) is 32.4. The van der Waals surface area contributed by atoms with Gasteiger partial charge in [-0.05, 0) is 97.2 Å². The highest BCUT2D eigenvalue weighted by Gasteiger charge is 2.69. The van der Waals surface area contributed by atoms with E-state index < -0.39 is 59.8 Å². The second-order valence-electron chi connectivity index (χ2n) is 18.6. The fourth-order valence-corrected chi connectivity index (χ4v) is 12.6. The number of carbonyl (C=O) groups excluding carboxylic acids is 5. The van der Waals surface area contributed by atoms with Gasteiger partial charge in [0.1, 0.15) is 5.78 Å². The molecule has 0 spiro atoms. The molecule has 52 heavy (non-hydrogen) atoms. The van der Waals surface area contributed by atoms with E-state index in [0.29, 0.717) is 36.9 Å². The predicted molar refractivity (Wildman–Crippen MR) is 187 cm³/mol. The van der Waals surface area contributed by atoms with Gasteiger partial charge in [-0.1, -0.05) is 53.2 Å². The highest BCUT2D eigenvalue weighted by molar-refractivity contribution is 5.92. The van der Waals surface area contributed by atoms with Crippen LogP contribution in [0.1, 0.15) is 127 Å². The van der Waals surface area contributed by atoms with Gasteiger partial charge in [0, 0.05) is 38.5 Å². The van der Waals surface area contributed by atoms with Crippen molar-refractivity contribution in [1.82, 2.24) is 0 Å².